The van der Waals surface area contributed by atoms with Gasteiger partial charge in [-0.1, -0.05) is 20.6 Å². The first-order valence-corrected chi connectivity index (χ1v) is 2.09. The minimum atomic E-state index is -3.60. The minimum Gasteiger partial charge on any atom is -0.480 e. The van der Waals surface area contributed by atoms with E-state index in [-0.39, 0.29) is 0 Å². The second-order valence-electron chi connectivity index (χ2n) is 1.62. The largest absolute Gasteiger partial charge is 0.480 e. The Morgan fingerprint density at radius 2 is 2.22 bits per heavy atom. The number of carbonyl (C=O) groups is 1. The molecule has 0 aliphatic rings. The van der Waals surface area contributed by atoms with Crippen molar-refractivity contribution in [2.75, 3.05) is 0 Å². The van der Waals surface area contributed by atoms with E-state index in [2.05, 4.69) is 0 Å². The fourth-order valence-electron chi connectivity index (χ4n) is 0.185. The van der Waals surface area contributed by atoms with E-state index in [0.29, 0.717) is 0 Å². The van der Waals surface area contributed by atoms with Crippen molar-refractivity contribution < 1.29 is 22.2 Å². The molecule has 0 saturated carbocycles. The average Bonchev–Trinajstić information content (AvgIpc) is 1.94. The first-order chi connectivity index (χ1) is 7.60. The molecule has 0 spiro atoms. The van der Waals surface area contributed by atoms with E-state index in [4.69, 9.17) is 23.2 Å². The van der Waals surface area contributed by atoms with Crippen LogP contribution in [0.1, 0.15) is 32.9 Å². The molecule has 3 nitrogen and oxygen atoms in total. The Labute approximate surface area is 67.5 Å². The molecule has 0 fully saturated rings. The van der Waals surface area contributed by atoms with Gasteiger partial charge in [-0.3, -0.25) is 4.79 Å². The molecule has 0 aromatic carbocycles. The predicted molar refractivity (Wildman–Crippen MR) is 35.1 cm³/mol. The highest BCUT2D eigenvalue weighted by Gasteiger charge is 2.26. The first-order valence-electron chi connectivity index (χ1n) is 6.59. The second kappa shape index (κ2) is 2.35. The molecule has 9 heavy (non-hydrogen) atoms. The van der Waals surface area contributed by atoms with Gasteiger partial charge >= 0.3 is 5.97 Å². The third-order valence-corrected chi connectivity index (χ3v) is 0.733. The summed E-state index contributed by atoms with van der Waals surface area (Å²) in [4.78, 5) is 10.8. The van der Waals surface area contributed by atoms with Crippen molar-refractivity contribution in [2.45, 2.75) is 26.6 Å². The zero-order valence-corrected chi connectivity index (χ0v) is 4.51. The molecule has 3 N–H and O–H groups in total. The van der Waals surface area contributed by atoms with Gasteiger partial charge in [-0.15, -0.1) is 0 Å². The Hall–Kier alpha value is -0.570. The van der Waals surface area contributed by atoms with Crippen molar-refractivity contribution in [2.24, 2.45) is 11.1 Å². The summed E-state index contributed by atoms with van der Waals surface area (Å²) >= 11 is 0. The van der Waals surface area contributed by atoms with Gasteiger partial charge in [0.2, 0.25) is 0 Å². The lowest BCUT2D eigenvalue weighted by Gasteiger charge is -2.22. The van der Waals surface area contributed by atoms with Gasteiger partial charge in [0.1, 0.15) is 6.04 Å². The van der Waals surface area contributed by atoms with Crippen LogP contribution < -0.4 is 5.73 Å². The second-order valence-corrected chi connectivity index (χ2v) is 1.62. The molecule has 1 atom stereocenters. The van der Waals surface area contributed by atoms with Crippen molar-refractivity contribution in [1.29, 1.82) is 0 Å². The standard InChI is InChI=1S/C6H13NO2/c1-6(2,3)4(7)5(8)9/h4H,7H2,1-3H3,(H,8,9)/t4-/m1/s1/i1D3,2D3,3D3. The number of rotatable bonds is 1. The topological polar surface area (TPSA) is 63.3 Å². The van der Waals surface area contributed by atoms with E-state index in [0.717, 1.165) is 0 Å². The van der Waals surface area contributed by atoms with E-state index in [9.17, 15) is 4.79 Å². The Kier molecular flexibility index (Phi) is 0.450. The van der Waals surface area contributed by atoms with Crippen LogP contribution in [0.4, 0.5) is 0 Å². The highest BCUT2D eigenvalue weighted by atomic mass is 16.4. The van der Waals surface area contributed by atoms with E-state index in [1.807, 2.05) is 0 Å². The van der Waals surface area contributed by atoms with Crippen LogP contribution in [0.3, 0.4) is 0 Å². The third-order valence-electron chi connectivity index (χ3n) is 0.733. The number of carboxylic acid groups (broad SMARTS) is 1. The van der Waals surface area contributed by atoms with E-state index < -0.39 is 38.0 Å². The summed E-state index contributed by atoms with van der Waals surface area (Å²) in [6.45, 7) is -10.8. The van der Waals surface area contributed by atoms with E-state index >= 15 is 0 Å². The minimum absolute atomic E-state index is 2.00. The van der Waals surface area contributed by atoms with Crippen LogP contribution >= 0.6 is 0 Å². The van der Waals surface area contributed by atoms with Crippen LogP contribution in [0.25, 0.3) is 0 Å². The van der Waals surface area contributed by atoms with E-state index in [1.54, 1.807) is 0 Å². The number of hydrogen-bond acceptors (Lipinski definition) is 2. The summed E-state index contributed by atoms with van der Waals surface area (Å²) in [5.41, 5.74) is 1.55. The van der Waals surface area contributed by atoms with Crippen LogP contribution in [0, 0.1) is 5.41 Å². The van der Waals surface area contributed by atoms with Crippen LogP contribution in [0.2, 0.25) is 0 Å². The molecule has 0 rings (SSSR count). The third kappa shape index (κ3) is 2.46. The molecule has 54 valence electrons. The van der Waals surface area contributed by atoms with Gasteiger partial charge in [0.05, 0.1) is 0 Å². The van der Waals surface area contributed by atoms with Gasteiger partial charge in [-0.05, 0) is 5.41 Å². The lowest BCUT2D eigenvalue weighted by atomic mass is 9.88. The lowest BCUT2D eigenvalue weighted by molar-refractivity contribution is -0.141. The highest BCUT2D eigenvalue weighted by molar-refractivity contribution is 5.74. The van der Waals surface area contributed by atoms with Crippen LogP contribution in [0.5, 0.6) is 0 Å². The fraction of sp³-hybridized carbons (Fsp3) is 0.833. The smallest absolute Gasteiger partial charge is 0.321 e. The number of nitrogens with two attached hydrogens (primary N) is 1. The van der Waals surface area contributed by atoms with Gasteiger partial charge in [-0.25, -0.2) is 0 Å². The molecule has 0 aromatic rings. The molecule has 3 heteroatoms. The maximum absolute atomic E-state index is 10.8. The van der Waals surface area contributed by atoms with Gasteiger partial charge in [0, 0.05) is 12.3 Å². The zero-order chi connectivity index (χ0) is 15.2. The van der Waals surface area contributed by atoms with E-state index in [1.165, 1.54) is 0 Å². The van der Waals surface area contributed by atoms with Crippen molar-refractivity contribution in [1.82, 2.24) is 0 Å². The Balaban J connectivity index is 6.36. The molecular formula is C6H13NO2. The molecule has 0 bridgehead atoms. The Bertz CT molecular complexity index is 291. The molecule has 0 saturated heterocycles. The number of hydrogen-bond donors (Lipinski definition) is 2. The molecule has 0 aliphatic heterocycles. The first kappa shape index (κ1) is 1.72. The van der Waals surface area contributed by atoms with Crippen molar-refractivity contribution >= 4 is 5.97 Å². The summed E-state index contributed by atoms with van der Waals surface area (Å²) in [5, 5.41) is 8.73. The van der Waals surface area contributed by atoms with Gasteiger partial charge in [0.15, 0.2) is 0 Å². The average molecular weight is 140 g/mol. The summed E-state index contributed by atoms with van der Waals surface area (Å²) in [6, 6.07) is -2.58. The normalized spacial score (nSPS) is 34.1. The lowest BCUT2D eigenvalue weighted by Crippen LogP contribution is -2.41. The number of aliphatic carboxylic acids is 1. The Morgan fingerprint density at radius 1 is 1.78 bits per heavy atom. The monoisotopic (exact) mass is 140 g/mol. The highest BCUT2D eigenvalue weighted by Crippen LogP contribution is 2.16. The van der Waals surface area contributed by atoms with Crippen molar-refractivity contribution in [3.63, 3.8) is 0 Å². The maximum Gasteiger partial charge on any atom is 0.321 e. The molecule has 0 aromatic heterocycles. The summed E-state index contributed by atoms with van der Waals surface area (Å²) in [7, 11) is 0. The van der Waals surface area contributed by atoms with Crippen LogP contribution in [0.15, 0.2) is 0 Å². The fourth-order valence-corrected chi connectivity index (χ4v) is 0.185. The summed E-state index contributed by atoms with van der Waals surface area (Å²) in [6.07, 6.45) is 0. The predicted octanol–water partition coefficient (Wildman–Crippen LogP) is 0.444. The summed E-state index contributed by atoms with van der Waals surface area (Å²) < 4.78 is 64.3. The quantitative estimate of drug-likeness (QED) is 0.555. The molecule has 0 aliphatic carbocycles. The molecule has 0 radical (unpaired) electrons. The Morgan fingerprint density at radius 3 is 2.33 bits per heavy atom. The zero-order valence-electron chi connectivity index (χ0n) is 13.5. The van der Waals surface area contributed by atoms with Crippen LogP contribution in [-0.2, 0) is 4.79 Å². The van der Waals surface area contributed by atoms with Crippen molar-refractivity contribution in [3.05, 3.63) is 0 Å². The van der Waals surface area contributed by atoms with Crippen molar-refractivity contribution in [3.8, 4) is 0 Å². The molecule has 0 amide bonds. The number of carboxylic acids is 1. The van der Waals surface area contributed by atoms with Gasteiger partial charge < -0.3 is 10.8 Å². The summed E-state index contributed by atoms with van der Waals surface area (Å²) in [5.74, 6) is -2.00. The van der Waals surface area contributed by atoms with Crippen LogP contribution in [-0.4, -0.2) is 17.1 Å². The molecular weight excluding hydrogens is 118 g/mol. The van der Waals surface area contributed by atoms with Gasteiger partial charge in [-0.2, -0.15) is 0 Å². The molecule has 0 unspecified atom stereocenters. The molecule has 0 heterocycles. The maximum atomic E-state index is 10.8. The SMILES string of the molecule is [2H]C([2H])([2H])C([C@H](N)C(=O)O)(C([2H])([2H])[2H])C([2H])([2H])[2H]. The van der Waals surface area contributed by atoms with Gasteiger partial charge in [0.25, 0.3) is 0 Å².